The summed E-state index contributed by atoms with van der Waals surface area (Å²) < 4.78 is 6.03. The molecule has 0 aromatic heterocycles. The Kier molecular flexibility index (Phi) is 7.21. The first-order valence-electron chi connectivity index (χ1n) is 9.26. The Labute approximate surface area is 166 Å². The van der Waals surface area contributed by atoms with Crippen molar-refractivity contribution in [1.29, 1.82) is 0 Å². The first kappa shape index (κ1) is 19.5. The maximum atomic E-state index is 6.24. The van der Waals surface area contributed by atoms with Gasteiger partial charge < -0.3 is 10.1 Å². The van der Waals surface area contributed by atoms with Crippen LogP contribution < -0.4 is 10.1 Å². The molecule has 1 aliphatic rings. The molecular formula is C21H26Cl2N2O. The topological polar surface area (TPSA) is 24.5 Å². The number of rotatable bonds is 8. The molecule has 0 bridgehead atoms. The molecule has 1 aliphatic heterocycles. The molecule has 0 amide bonds. The third-order valence-corrected chi connectivity index (χ3v) is 5.56. The van der Waals surface area contributed by atoms with Gasteiger partial charge in [0.1, 0.15) is 12.4 Å². The van der Waals surface area contributed by atoms with Crippen molar-refractivity contribution in [3.63, 3.8) is 0 Å². The van der Waals surface area contributed by atoms with Gasteiger partial charge in [0, 0.05) is 40.3 Å². The monoisotopic (exact) mass is 392 g/mol. The maximum absolute atomic E-state index is 6.24. The molecule has 2 aromatic carbocycles. The molecule has 1 heterocycles. The van der Waals surface area contributed by atoms with Crippen LogP contribution in [0.25, 0.3) is 0 Å². The molecule has 0 aliphatic carbocycles. The second-order valence-electron chi connectivity index (χ2n) is 6.69. The van der Waals surface area contributed by atoms with E-state index in [0.29, 0.717) is 22.7 Å². The summed E-state index contributed by atoms with van der Waals surface area (Å²) in [7, 11) is 0. The quantitative estimate of drug-likeness (QED) is 0.672. The van der Waals surface area contributed by atoms with Crippen LogP contribution in [0.1, 0.15) is 30.9 Å². The van der Waals surface area contributed by atoms with E-state index in [1.54, 1.807) is 6.07 Å². The number of hydrogen-bond donors (Lipinski definition) is 1. The van der Waals surface area contributed by atoms with E-state index < -0.39 is 0 Å². The lowest BCUT2D eigenvalue weighted by Crippen LogP contribution is -2.37. The zero-order valence-corrected chi connectivity index (χ0v) is 16.7. The van der Waals surface area contributed by atoms with Crippen LogP contribution in [0.2, 0.25) is 10.0 Å². The van der Waals surface area contributed by atoms with Gasteiger partial charge in [-0.3, -0.25) is 4.90 Å². The molecule has 1 saturated heterocycles. The number of benzene rings is 2. The molecule has 1 N–H and O–H groups in total. The van der Waals surface area contributed by atoms with Crippen LogP contribution in [-0.4, -0.2) is 30.6 Å². The zero-order valence-electron chi connectivity index (χ0n) is 15.2. The van der Waals surface area contributed by atoms with E-state index in [-0.39, 0.29) is 0 Å². The predicted octanol–water partition coefficient (Wildman–Crippen LogP) is 5.15. The Morgan fingerprint density at radius 3 is 2.81 bits per heavy atom. The Bertz CT molecular complexity index is 723. The van der Waals surface area contributed by atoms with Crippen molar-refractivity contribution < 1.29 is 4.74 Å². The number of ether oxygens (including phenoxy) is 1. The molecule has 1 atom stereocenters. The van der Waals surface area contributed by atoms with E-state index in [0.717, 1.165) is 30.9 Å². The van der Waals surface area contributed by atoms with Crippen LogP contribution >= 0.6 is 23.2 Å². The van der Waals surface area contributed by atoms with E-state index >= 15 is 0 Å². The number of likely N-dealkylation sites (N-methyl/N-ethyl adjacent to an activating group) is 1. The third-order valence-electron chi connectivity index (χ3n) is 4.97. The molecule has 1 fully saturated rings. The van der Waals surface area contributed by atoms with Crippen LogP contribution in [0.15, 0.2) is 42.5 Å². The molecule has 1 unspecified atom stereocenters. The maximum Gasteiger partial charge on any atom is 0.124 e. The summed E-state index contributed by atoms with van der Waals surface area (Å²) in [6.07, 6.45) is 2.59. The lowest BCUT2D eigenvalue weighted by Gasteiger charge is -2.23. The Morgan fingerprint density at radius 2 is 2.00 bits per heavy atom. The Balaban J connectivity index is 1.56. The lowest BCUT2D eigenvalue weighted by atomic mass is 10.1. The van der Waals surface area contributed by atoms with Crippen LogP contribution in [0.5, 0.6) is 5.75 Å². The number of para-hydroxylation sites is 1. The lowest BCUT2D eigenvalue weighted by molar-refractivity contribution is 0.259. The minimum Gasteiger partial charge on any atom is -0.489 e. The second kappa shape index (κ2) is 9.61. The van der Waals surface area contributed by atoms with Crippen molar-refractivity contribution in [1.82, 2.24) is 10.2 Å². The van der Waals surface area contributed by atoms with Crippen LogP contribution in [-0.2, 0) is 13.2 Å². The predicted molar refractivity (Wildman–Crippen MR) is 109 cm³/mol. The van der Waals surface area contributed by atoms with Gasteiger partial charge in [0.25, 0.3) is 0 Å². The fourth-order valence-corrected chi connectivity index (χ4v) is 3.96. The van der Waals surface area contributed by atoms with Crippen LogP contribution in [0.4, 0.5) is 0 Å². The first-order valence-corrected chi connectivity index (χ1v) is 10.0. The fraction of sp³-hybridized carbons (Fsp3) is 0.429. The van der Waals surface area contributed by atoms with Crippen LogP contribution in [0.3, 0.4) is 0 Å². The highest BCUT2D eigenvalue weighted by Gasteiger charge is 2.22. The largest absolute Gasteiger partial charge is 0.489 e. The SMILES string of the molecule is CCN1CCCC1CNCc1ccccc1OCc1ccc(Cl)cc1Cl. The highest BCUT2D eigenvalue weighted by atomic mass is 35.5. The molecule has 2 aromatic rings. The number of nitrogens with zero attached hydrogens (tertiary/aromatic N) is 1. The van der Waals surface area contributed by atoms with E-state index in [4.69, 9.17) is 27.9 Å². The van der Waals surface area contributed by atoms with Gasteiger partial charge in [-0.1, -0.05) is 54.4 Å². The van der Waals surface area contributed by atoms with E-state index in [1.807, 2.05) is 30.3 Å². The zero-order chi connectivity index (χ0) is 18.4. The van der Waals surface area contributed by atoms with Gasteiger partial charge in [-0.15, -0.1) is 0 Å². The van der Waals surface area contributed by atoms with Crippen molar-refractivity contribution in [3.05, 3.63) is 63.6 Å². The number of halogens is 2. The van der Waals surface area contributed by atoms with E-state index in [1.165, 1.54) is 24.9 Å². The third kappa shape index (κ3) is 5.14. The Morgan fingerprint density at radius 1 is 1.15 bits per heavy atom. The molecular weight excluding hydrogens is 367 g/mol. The molecule has 0 spiro atoms. The van der Waals surface area contributed by atoms with Crippen molar-refractivity contribution in [2.24, 2.45) is 0 Å². The molecule has 5 heteroatoms. The Hall–Kier alpha value is -1.26. The number of hydrogen-bond acceptors (Lipinski definition) is 3. The summed E-state index contributed by atoms with van der Waals surface area (Å²) in [4.78, 5) is 2.55. The van der Waals surface area contributed by atoms with E-state index in [9.17, 15) is 0 Å². The molecule has 3 nitrogen and oxygen atoms in total. The van der Waals surface area contributed by atoms with E-state index in [2.05, 4.69) is 23.2 Å². The highest BCUT2D eigenvalue weighted by Crippen LogP contribution is 2.24. The van der Waals surface area contributed by atoms with Crippen molar-refractivity contribution >= 4 is 23.2 Å². The molecule has 26 heavy (non-hydrogen) atoms. The summed E-state index contributed by atoms with van der Waals surface area (Å²) in [5, 5.41) is 4.87. The average molecular weight is 393 g/mol. The minimum absolute atomic E-state index is 0.430. The van der Waals surface area contributed by atoms with Gasteiger partial charge in [-0.05, 0) is 44.1 Å². The minimum atomic E-state index is 0.430. The first-order chi connectivity index (χ1) is 12.7. The van der Waals surface area contributed by atoms with Crippen molar-refractivity contribution in [2.75, 3.05) is 19.6 Å². The van der Waals surface area contributed by atoms with Gasteiger partial charge in [-0.25, -0.2) is 0 Å². The van der Waals surface area contributed by atoms with Gasteiger partial charge in [-0.2, -0.15) is 0 Å². The van der Waals surface area contributed by atoms with Crippen molar-refractivity contribution in [3.8, 4) is 5.75 Å². The summed E-state index contributed by atoms with van der Waals surface area (Å²) in [5.41, 5.74) is 2.10. The summed E-state index contributed by atoms with van der Waals surface area (Å²) in [6.45, 7) is 6.85. The summed E-state index contributed by atoms with van der Waals surface area (Å²) >= 11 is 12.2. The molecule has 0 saturated carbocycles. The molecule has 3 rings (SSSR count). The smallest absolute Gasteiger partial charge is 0.124 e. The van der Waals surface area contributed by atoms with Gasteiger partial charge in [0.05, 0.1) is 0 Å². The highest BCUT2D eigenvalue weighted by molar-refractivity contribution is 6.35. The second-order valence-corrected chi connectivity index (χ2v) is 7.53. The van der Waals surface area contributed by atoms with Gasteiger partial charge >= 0.3 is 0 Å². The van der Waals surface area contributed by atoms with Crippen LogP contribution in [0, 0.1) is 0 Å². The van der Waals surface area contributed by atoms with Gasteiger partial charge in [0.15, 0.2) is 0 Å². The van der Waals surface area contributed by atoms with Gasteiger partial charge in [0.2, 0.25) is 0 Å². The summed E-state index contributed by atoms with van der Waals surface area (Å²) in [6, 6.07) is 14.3. The normalized spacial score (nSPS) is 17.6. The average Bonchev–Trinajstić information content (AvgIpc) is 3.09. The molecule has 0 radical (unpaired) electrons. The molecule has 140 valence electrons. The standard InChI is InChI=1S/C21H26Cl2N2O/c1-2-25-11-5-7-19(25)14-24-13-16-6-3-4-8-21(16)26-15-17-9-10-18(22)12-20(17)23/h3-4,6,8-10,12,19,24H,2,5,7,11,13-15H2,1H3. The van der Waals surface area contributed by atoms with Crippen molar-refractivity contribution in [2.45, 2.75) is 39.0 Å². The number of nitrogens with one attached hydrogen (secondary N) is 1. The number of likely N-dealkylation sites (tertiary alicyclic amines) is 1. The fourth-order valence-electron chi connectivity index (χ4n) is 3.50. The summed E-state index contributed by atoms with van der Waals surface area (Å²) in [5.74, 6) is 0.893.